The first kappa shape index (κ1) is 24.9. The average molecular weight is 370 g/mol. The number of amides is 1. The van der Waals surface area contributed by atoms with Crippen LogP contribution in [-0.2, 0) is 14.3 Å². The van der Waals surface area contributed by atoms with E-state index in [1.807, 2.05) is 6.92 Å². The maximum atomic E-state index is 12.0. The van der Waals surface area contributed by atoms with E-state index in [1.54, 1.807) is 7.05 Å². The summed E-state index contributed by atoms with van der Waals surface area (Å²) in [5.74, 6) is -0.269. The normalized spacial score (nSPS) is 10.7. The van der Waals surface area contributed by atoms with Crippen LogP contribution in [-0.4, -0.2) is 37.0 Å². The molecule has 0 aromatic heterocycles. The van der Waals surface area contributed by atoms with Crippen LogP contribution in [0.3, 0.4) is 0 Å². The zero-order valence-corrected chi connectivity index (χ0v) is 17.7. The zero-order valence-electron chi connectivity index (χ0n) is 17.7. The van der Waals surface area contributed by atoms with Gasteiger partial charge < -0.3 is 9.64 Å². The van der Waals surface area contributed by atoms with E-state index in [2.05, 4.69) is 6.92 Å². The van der Waals surface area contributed by atoms with Crippen molar-refractivity contribution in [3.05, 3.63) is 0 Å². The van der Waals surface area contributed by atoms with Gasteiger partial charge in [0.2, 0.25) is 5.91 Å². The molecule has 0 rings (SSSR count). The molecular weight excluding hydrogens is 326 g/mol. The third-order valence-corrected chi connectivity index (χ3v) is 4.75. The van der Waals surface area contributed by atoms with Crippen molar-refractivity contribution in [2.24, 2.45) is 0 Å². The minimum Gasteiger partial charge on any atom is -0.464 e. The number of unbranched alkanes of at least 4 members (excludes halogenated alkanes) is 12. The van der Waals surface area contributed by atoms with Crippen LogP contribution in [0.25, 0.3) is 0 Å². The van der Waals surface area contributed by atoms with E-state index in [9.17, 15) is 9.59 Å². The van der Waals surface area contributed by atoms with Gasteiger partial charge in [0.05, 0.1) is 6.61 Å². The predicted octanol–water partition coefficient (Wildman–Crippen LogP) is 5.88. The number of carbonyl (C=O) groups excluding carboxylic acids is 2. The Morgan fingerprint density at radius 1 is 0.692 bits per heavy atom. The summed E-state index contributed by atoms with van der Waals surface area (Å²) in [6.07, 6.45) is 18.3. The highest BCUT2D eigenvalue weighted by atomic mass is 16.5. The Hall–Kier alpha value is -1.06. The molecule has 0 N–H and O–H groups in total. The van der Waals surface area contributed by atoms with Crippen molar-refractivity contribution in [2.75, 3.05) is 20.2 Å². The highest BCUT2D eigenvalue weighted by Gasteiger charge is 2.13. The number of rotatable bonds is 18. The molecule has 0 fully saturated rings. The topological polar surface area (TPSA) is 46.6 Å². The Labute approximate surface area is 162 Å². The fourth-order valence-electron chi connectivity index (χ4n) is 3.03. The molecular formula is C22H43NO3. The summed E-state index contributed by atoms with van der Waals surface area (Å²) in [7, 11) is 1.68. The van der Waals surface area contributed by atoms with E-state index < -0.39 is 0 Å². The van der Waals surface area contributed by atoms with Gasteiger partial charge in [-0.15, -0.1) is 0 Å². The lowest BCUT2D eigenvalue weighted by Gasteiger charge is -2.16. The standard InChI is InChI=1S/C22H43NO3/c1-4-6-7-8-9-10-11-12-13-14-15-16-17-18-21(24)23(3)20-22(25)26-19-5-2/h4-20H2,1-3H3. The molecule has 0 aliphatic rings. The third-order valence-electron chi connectivity index (χ3n) is 4.75. The van der Waals surface area contributed by atoms with Crippen molar-refractivity contribution in [1.82, 2.24) is 4.90 Å². The van der Waals surface area contributed by atoms with E-state index >= 15 is 0 Å². The molecule has 0 aliphatic heterocycles. The molecule has 0 atom stereocenters. The summed E-state index contributed by atoms with van der Waals surface area (Å²) in [5, 5.41) is 0. The van der Waals surface area contributed by atoms with Crippen LogP contribution in [0.1, 0.15) is 110 Å². The number of ether oxygens (including phenoxy) is 1. The lowest BCUT2D eigenvalue weighted by molar-refractivity contribution is -0.148. The SMILES string of the molecule is CCCCCCCCCCCCCCCC(=O)N(C)CC(=O)OCCC. The van der Waals surface area contributed by atoms with Gasteiger partial charge in [-0.1, -0.05) is 90.9 Å². The molecule has 0 aromatic rings. The Kier molecular flexibility index (Phi) is 18.0. The molecule has 0 saturated carbocycles. The number of hydrogen-bond donors (Lipinski definition) is 0. The van der Waals surface area contributed by atoms with E-state index in [0.29, 0.717) is 13.0 Å². The number of carbonyl (C=O) groups is 2. The number of hydrogen-bond acceptors (Lipinski definition) is 3. The van der Waals surface area contributed by atoms with Crippen LogP contribution >= 0.6 is 0 Å². The maximum Gasteiger partial charge on any atom is 0.325 e. The third kappa shape index (κ3) is 16.4. The van der Waals surface area contributed by atoms with Gasteiger partial charge >= 0.3 is 5.97 Å². The van der Waals surface area contributed by atoms with Gasteiger partial charge in [-0.2, -0.15) is 0 Å². The quantitative estimate of drug-likeness (QED) is 0.224. The van der Waals surface area contributed by atoms with Crippen LogP contribution in [0.5, 0.6) is 0 Å². The van der Waals surface area contributed by atoms with Crippen LogP contribution in [0.15, 0.2) is 0 Å². The first-order chi connectivity index (χ1) is 12.6. The Balaban J connectivity index is 3.38. The van der Waals surface area contributed by atoms with Gasteiger partial charge in [0, 0.05) is 13.5 Å². The molecule has 0 saturated heterocycles. The molecule has 154 valence electrons. The summed E-state index contributed by atoms with van der Waals surface area (Å²) in [6.45, 7) is 4.71. The monoisotopic (exact) mass is 369 g/mol. The minimum absolute atomic E-state index is 0.0431. The van der Waals surface area contributed by atoms with Gasteiger partial charge in [-0.3, -0.25) is 9.59 Å². The van der Waals surface area contributed by atoms with Gasteiger partial charge in [0.15, 0.2) is 0 Å². The van der Waals surface area contributed by atoms with Crippen LogP contribution in [0, 0.1) is 0 Å². The smallest absolute Gasteiger partial charge is 0.325 e. The lowest BCUT2D eigenvalue weighted by atomic mass is 10.0. The van der Waals surface area contributed by atoms with Crippen molar-refractivity contribution in [2.45, 2.75) is 110 Å². The Bertz CT molecular complexity index is 344. The predicted molar refractivity (Wildman–Crippen MR) is 109 cm³/mol. The molecule has 0 radical (unpaired) electrons. The molecule has 1 amide bonds. The van der Waals surface area contributed by atoms with Crippen molar-refractivity contribution in [1.29, 1.82) is 0 Å². The van der Waals surface area contributed by atoms with Crippen molar-refractivity contribution < 1.29 is 14.3 Å². The van der Waals surface area contributed by atoms with E-state index in [1.165, 1.54) is 75.5 Å². The van der Waals surface area contributed by atoms with Gasteiger partial charge in [-0.05, 0) is 12.8 Å². The van der Waals surface area contributed by atoms with Crippen LogP contribution in [0.4, 0.5) is 0 Å². The summed E-state index contributed by atoms with van der Waals surface area (Å²) >= 11 is 0. The molecule has 0 aromatic carbocycles. The largest absolute Gasteiger partial charge is 0.464 e. The zero-order chi connectivity index (χ0) is 19.5. The number of likely N-dealkylation sites (N-methyl/N-ethyl adjacent to an activating group) is 1. The van der Waals surface area contributed by atoms with Crippen molar-refractivity contribution in [3.63, 3.8) is 0 Å². The average Bonchev–Trinajstić information content (AvgIpc) is 2.63. The van der Waals surface area contributed by atoms with E-state index in [-0.39, 0.29) is 18.4 Å². The van der Waals surface area contributed by atoms with Gasteiger partial charge in [0.25, 0.3) is 0 Å². The fourth-order valence-corrected chi connectivity index (χ4v) is 3.03. The first-order valence-electron chi connectivity index (χ1n) is 11.0. The fraction of sp³-hybridized carbons (Fsp3) is 0.909. The van der Waals surface area contributed by atoms with Crippen molar-refractivity contribution in [3.8, 4) is 0 Å². The second kappa shape index (κ2) is 18.7. The molecule has 0 unspecified atom stereocenters. The molecule has 0 spiro atoms. The first-order valence-corrected chi connectivity index (χ1v) is 11.0. The lowest BCUT2D eigenvalue weighted by Crippen LogP contribution is -2.32. The molecule has 4 heteroatoms. The second-order valence-electron chi connectivity index (χ2n) is 7.46. The van der Waals surface area contributed by atoms with Gasteiger partial charge in [0.1, 0.15) is 6.54 Å². The summed E-state index contributed by atoms with van der Waals surface area (Å²) in [6, 6.07) is 0. The second-order valence-corrected chi connectivity index (χ2v) is 7.46. The number of nitrogens with zero attached hydrogens (tertiary/aromatic N) is 1. The van der Waals surface area contributed by atoms with Crippen LogP contribution in [0.2, 0.25) is 0 Å². The van der Waals surface area contributed by atoms with E-state index in [0.717, 1.165) is 19.3 Å². The van der Waals surface area contributed by atoms with E-state index in [4.69, 9.17) is 4.74 Å². The molecule has 26 heavy (non-hydrogen) atoms. The number of esters is 1. The summed E-state index contributed by atoms with van der Waals surface area (Å²) in [5.41, 5.74) is 0. The highest BCUT2D eigenvalue weighted by Crippen LogP contribution is 2.13. The molecule has 0 aliphatic carbocycles. The van der Waals surface area contributed by atoms with Gasteiger partial charge in [-0.25, -0.2) is 0 Å². The summed E-state index contributed by atoms with van der Waals surface area (Å²) < 4.78 is 5.00. The van der Waals surface area contributed by atoms with Crippen molar-refractivity contribution >= 4 is 11.9 Å². The summed E-state index contributed by atoms with van der Waals surface area (Å²) in [4.78, 5) is 24.9. The Morgan fingerprint density at radius 3 is 1.62 bits per heavy atom. The Morgan fingerprint density at radius 2 is 1.15 bits per heavy atom. The highest BCUT2D eigenvalue weighted by molar-refractivity contribution is 5.81. The maximum absolute atomic E-state index is 12.0. The molecule has 0 bridgehead atoms. The molecule has 4 nitrogen and oxygen atoms in total. The minimum atomic E-state index is -0.312. The van der Waals surface area contributed by atoms with Crippen LogP contribution < -0.4 is 0 Å². The molecule has 0 heterocycles.